The average molecular weight is 493 g/mol. The normalized spacial score (nSPS) is 10.4. The summed E-state index contributed by atoms with van der Waals surface area (Å²) < 4.78 is 0. The monoisotopic (exact) mass is 492 g/mol. The molecule has 182 valence electrons. The van der Waals surface area contributed by atoms with Crippen LogP contribution in [0, 0.1) is 0 Å². The van der Waals surface area contributed by atoms with Crippen LogP contribution < -0.4 is 20.9 Å². The Labute approximate surface area is 210 Å². The maximum Gasteiger partial charge on any atom is 0.258 e. The van der Waals surface area contributed by atoms with Crippen molar-refractivity contribution >= 4 is 52.1 Å². The van der Waals surface area contributed by atoms with Gasteiger partial charge in [-0.3, -0.25) is 14.4 Å². The zero-order chi connectivity index (χ0) is 25.2. The topological polar surface area (TPSA) is 90.5 Å². The van der Waals surface area contributed by atoms with E-state index in [0.717, 1.165) is 12.1 Å². The minimum Gasteiger partial charge on any atom is -0.375 e. The fourth-order valence-electron chi connectivity index (χ4n) is 3.47. The number of halogens is 1. The van der Waals surface area contributed by atoms with E-state index in [1.54, 1.807) is 47.4 Å². The molecule has 0 aliphatic heterocycles. The van der Waals surface area contributed by atoms with Gasteiger partial charge in [0.05, 0.1) is 17.3 Å². The summed E-state index contributed by atoms with van der Waals surface area (Å²) in [5.41, 5.74) is 3.07. The minimum absolute atomic E-state index is 0.0234. The third-order valence-corrected chi connectivity index (χ3v) is 5.54. The van der Waals surface area contributed by atoms with E-state index in [1.165, 1.54) is 0 Å². The van der Waals surface area contributed by atoms with Gasteiger partial charge < -0.3 is 20.9 Å². The van der Waals surface area contributed by atoms with Crippen molar-refractivity contribution in [2.75, 3.05) is 33.9 Å². The van der Waals surface area contributed by atoms with Gasteiger partial charge in [-0.2, -0.15) is 0 Å². The van der Waals surface area contributed by atoms with E-state index in [-0.39, 0.29) is 24.3 Å². The van der Waals surface area contributed by atoms with Gasteiger partial charge in [-0.15, -0.1) is 0 Å². The number of benzene rings is 3. The molecule has 0 radical (unpaired) electrons. The number of para-hydroxylation sites is 1. The summed E-state index contributed by atoms with van der Waals surface area (Å²) in [4.78, 5) is 38.9. The largest absolute Gasteiger partial charge is 0.375 e. The molecule has 3 N–H and O–H groups in total. The minimum atomic E-state index is -0.278. The van der Waals surface area contributed by atoms with Crippen LogP contribution in [-0.4, -0.2) is 30.8 Å². The van der Waals surface area contributed by atoms with Gasteiger partial charge in [-0.05, 0) is 67.9 Å². The molecule has 0 saturated heterocycles. The highest BCUT2D eigenvalue weighted by molar-refractivity contribution is 6.33. The Kier molecular flexibility index (Phi) is 9.26. The molecule has 7 nitrogen and oxygen atoms in total. The Bertz CT molecular complexity index is 1170. The van der Waals surface area contributed by atoms with E-state index >= 15 is 0 Å². The first kappa shape index (κ1) is 25.8. The summed E-state index contributed by atoms with van der Waals surface area (Å²) in [6.45, 7) is 4.38. The fraction of sp³-hybridized carbons (Fsp3) is 0.222. The quantitative estimate of drug-likeness (QED) is 0.334. The van der Waals surface area contributed by atoms with Crippen LogP contribution >= 0.6 is 11.6 Å². The molecular formula is C27H29ClN4O3. The molecule has 3 amide bonds. The maximum absolute atomic E-state index is 12.9. The van der Waals surface area contributed by atoms with Gasteiger partial charge in [0.15, 0.2) is 0 Å². The molecule has 0 fully saturated rings. The summed E-state index contributed by atoms with van der Waals surface area (Å²) >= 11 is 6.22. The van der Waals surface area contributed by atoms with E-state index in [1.807, 2.05) is 44.2 Å². The maximum atomic E-state index is 12.9. The van der Waals surface area contributed by atoms with Gasteiger partial charge in [0.2, 0.25) is 11.8 Å². The summed E-state index contributed by atoms with van der Waals surface area (Å²) in [6, 6.07) is 21.3. The van der Waals surface area contributed by atoms with Crippen LogP contribution in [0.5, 0.6) is 0 Å². The van der Waals surface area contributed by atoms with Crippen molar-refractivity contribution in [2.24, 2.45) is 0 Å². The molecule has 3 aromatic rings. The van der Waals surface area contributed by atoms with Crippen LogP contribution in [0.15, 0.2) is 72.8 Å². The molecule has 0 unspecified atom stereocenters. The van der Waals surface area contributed by atoms with Crippen LogP contribution in [0.2, 0.25) is 5.02 Å². The molecule has 35 heavy (non-hydrogen) atoms. The van der Waals surface area contributed by atoms with Crippen LogP contribution in [0.3, 0.4) is 0 Å². The number of nitrogens with one attached hydrogen (secondary N) is 3. The standard InChI is InChI=1S/C27H29ClN4O3/c1-3-8-25(33)31-21-15-16-23(28)24(17-21)29-18-26(34)30-20-13-11-19(12-14-20)27(35)32(4-2)22-9-6-5-7-10-22/h5-7,9-17,29H,3-4,8,18H2,1-2H3,(H,30,34)(H,31,33). The van der Waals surface area contributed by atoms with Crippen molar-refractivity contribution in [1.29, 1.82) is 0 Å². The Balaban J connectivity index is 1.57. The highest BCUT2D eigenvalue weighted by Crippen LogP contribution is 2.25. The predicted octanol–water partition coefficient (Wildman–Crippen LogP) is 5.80. The molecule has 0 saturated carbocycles. The van der Waals surface area contributed by atoms with Crippen molar-refractivity contribution in [3.63, 3.8) is 0 Å². The smallest absolute Gasteiger partial charge is 0.258 e. The first-order valence-electron chi connectivity index (χ1n) is 11.5. The van der Waals surface area contributed by atoms with Crippen LogP contribution in [0.1, 0.15) is 37.0 Å². The summed E-state index contributed by atoms with van der Waals surface area (Å²) in [6.07, 6.45) is 1.19. The second-order valence-electron chi connectivity index (χ2n) is 7.86. The molecule has 0 atom stereocenters. The van der Waals surface area contributed by atoms with Crippen molar-refractivity contribution in [2.45, 2.75) is 26.7 Å². The van der Waals surface area contributed by atoms with Gasteiger partial charge in [-0.25, -0.2) is 0 Å². The highest BCUT2D eigenvalue weighted by Gasteiger charge is 2.16. The molecule has 0 heterocycles. The Morgan fingerprint density at radius 3 is 2.14 bits per heavy atom. The van der Waals surface area contributed by atoms with Crippen molar-refractivity contribution in [3.8, 4) is 0 Å². The number of hydrogen-bond acceptors (Lipinski definition) is 4. The molecule has 8 heteroatoms. The Hall–Kier alpha value is -3.84. The number of rotatable bonds is 10. The van der Waals surface area contributed by atoms with Gasteiger partial charge >= 0.3 is 0 Å². The molecule has 3 aromatic carbocycles. The number of anilines is 4. The van der Waals surface area contributed by atoms with E-state index in [9.17, 15) is 14.4 Å². The SMILES string of the molecule is CCCC(=O)Nc1ccc(Cl)c(NCC(=O)Nc2ccc(C(=O)N(CC)c3ccccc3)cc2)c1. The van der Waals surface area contributed by atoms with E-state index < -0.39 is 0 Å². The summed E-state index contributed by atoms with van der Waals surface area (Å²) in [7, 11) is 0. The Morgan fingerprint density at radius 1 is 0.829 bits per heavy atom. The lowest BCUT2D eigenvalue weighted by molar-refractivity contribution is -0.116. The van der Waals surface area contributed by atoms with Crippen LogP contribution in [-0.2, 0) is 9.59 Å². The second-order valence-corrected chi connectivity index (χ2v) is 8.26. The van der Waals surface area contributed by atoms with Crippen LogP contribution in [0.25, 0.3) is 0 Å². The van der Waals surface area contributed by atoms with Gasteiger partial charge in [-0.1, -0.05) is 36.7 Å². The van der Waals surface area contributed by atoms with Crippen LogP contribution in [0.4, 0.5) is 22.7 Å². The zero-order valence-electron chi connectivity index (χ0n) is 19.8. The van der Waals surface area contributed by atoms with E-state index in [2.05, 4.69) is 16.0 Å². The fourth-order valence-corrected chi connectivity index (χ4v) is 3.66. The van der Waals surface area contributed by atoms with Gasteiger partial charge in [0, 0.05) is 35.6 Å². The van der Waals surface area contributed by atoms with Gasteiger partial charge in [0.1, 0.15) is 0 Å². The number of nitrogens with zero attached hydrogens (tertiary/aromatic N) is 1. The van der Waals surface area contributed by atoms with Crippen molar-refractivity contribution in [3.05, 3.63) is 83.4 Å². The summed E-state index contributed by atoms with van der Waals surface area (Å²) in [5.74, 6) is -0.468. The predicted molar refractivity (Wildman–Crippen MR) is 142 cm³/mol. The molecule has 0 spiro atoms. The number of amides is 3. The molecular weight excluding hydrogens is 464 g/mol. The summed E-state index contributed by atoms with van der Waals surface area (Å²) in [5, 5.41) is 9.03. The van der Waals surface area contributed by atoms with Gasteiger partial charge in [0.25, 0.3) is 5.91 Å². The lowest BCUT2D eigenvalue weighted by Gasteiger charge is -2.21. The molecule has 0 aliphatic carbocycles. The number of carbonyl (C=O) groups excluding carboxylic acids is 3. The first-order chi connectivity index (χ1) is 16.9. The first-order valence-corrected chi connectivity index (χ1v) is 11.9. The third-order valence-electron chi connectivity index (χ3n) is 5.21. The molecule has 0 aromatic heterocycles. The number of carbonyl (C=O) groups is 3. The zero-order valence-corrected chi connectivity index (χ0v) is 20.6. The molecule has 0 aliphatic rings. The average Bonchev–Trinajstić information content (AvgIpc) is 2.86. The lowest BCUT2D eigenvalue weighted by atomic mass is 10.1. The van der Waals surface area contributed by atoms with E-state index in [4.69, 9.17) is 11.6 Å². The molecule has 0 bridgehead atoms. The Morgan fingerprint density at radius 2 is 1.49 bits per heavy atom. The highest BCUT2D eigenvalue weighted by atomic mass is 35.5. The number of hydrogen-bond donors (Lipinski definition) is 3. The third kappa shape index (κ3) is 7.32. The van der Waals surface area contributed by atoms with Crippen molar-refractivity contribution in [1.82, 2.24) is 0 Å². The lowest BCUT2D eigenvalue weighted by Crippen LogP contribution is -2.30. The van der Waals surface area contributed by atoms with Crippen molar-refractivity contribution < 1.29 is 14.4 Å². The second kappa shape index (κ2) is 12.6. The van der Waals surface area contributed by atoms with E-state index in [0.29, 0.717) is 40.6 Å². The molecule has 3 rings (SSSR count).